The third kappa shape index (κ3) is 4.53. The highest BCUT2D eigenvalue weighted by molar-refractivity contribution is 5.91. The average molecular weight is 277 g/mol. The van der Waals surface area contributed by atoms with Gasteiger partial charge < -0.3 is 9.64 Å². The zero-order valence-corrected chi connectivity index (χ0v) is 12.1. The van der Waals surface area contributed by atoms with E-state index in [1.165, 1.54) is 25.3 Å². The van der Waals surface area contributed by atoms with Crippen LogP contribution in [0.5, 0.6) is 5.75 Å². The number of likely N-dealkylation sites (N-methyl/N-ethyl adjacent to an activating group) is 1. The van der Waals surface area contributed by atoms with Crippen LogP contribution in [-0.2, 0) is 4.79 Å². The maximum absolute atomic E-state index is 13.5. The molecule has 0 aliphatic rings. The third-order valence-electron chi connectivity index (χ3n) is 2.75. The molecule has 1 rings (SSSR count). The topological polar surface area (TPSA) is 29.5 Å². The van der Waals surface area contributed by atoms with Gasteiger partial charge in [-0.25, -0.2) is 4.39 Å². The zero-order chi connectivity index (χ0) is 15.1. The van der Waals surface area contributed by atoms with Crippen LogP contribution in [0.15, 0.2) is 36.4 Å². The van der Waals surface area contributed by atoms with E-state index in [-0.39, 0.29) is 11.7 Å². The molecule has 0 unspecified atom stereocenters. The summed E-state index contributed by atoms with van der Waals surface area (Å²) in [7, 11) is 1.41. The highest BCUT2D eigenvalue weighted by Gasteiger charge is 2.08. The van der Waals surface area contributed by atoms with Crippen molar-refractivity contribution in [1.82, 2.24) is 4.90 Å². The van der Waals surface area contributed by atoms with E-state index in [9.17, 15) is 9.18 Å². The minimum Gasteiger partial charge on any atom is -0.494 e. The second-order valence-electron chi connectivity index (χ2n) is 4.54. The molecule has 0 aliphatic heterocycles. The summed E-state index contributed by atoms with van der Waals surface area (Å²) in [5, 5.41) is 0. The number of rotatable bonds is 6. The molecule has 20 heavy (non-hydrogen) atoms. The molecule has 4 heteroatoms. The van der Waals surface area contributed by atoms with Crippen LogP contribution >= 0.6 is 0 Å². The molecule has 1 aromatic rings. The van der Waals surface area contributed by atoms with Crippen molar-refractivity contribution < 1.29 is 13.9 Å². The molecule has 0 aromatic heterocycles. The second-order valence-corrected chi connectivity index (χ2v) is 4.54. The van der Waals surface area contributed by atoms with E-state index in [0.717, 1.165) is 5.57 Å². The number of methoxy groups -OCH3 is 1. The molecule has 0 aliphatic carbocycles. The molecule has 0 saturated carbocycles. The quantitative estimate of drug-likeness (QED) is 0.590. The van der Waals surface area contributed by atoms with Gasteiger partial charge in [-0.05, 0) is 37.6 Å². The van der Waals surface area contributed by atoms with Crippen LogP contribution < -0.4 is 4.74 Å². The molecule has 0 radical (unpaired) electrons. The molecule has 1 amide bonds. The third-order valence-corrected chi connectivity index (χ3v) is 2.75. The maximum atomic E-state index is 13.5. The Morgan fingerprint density at radius 3 is 2.70 bits per heavy atom. The zero-order valence-electron chi connectivity index (χ0n) is 12.1. The van der Waals surface area contributed by atoms with Crippen molar-refractivity contribution in [1.29, 1.82) is 0 Å². The fourth-order valence-electron chi connectivity index (χ4n) is 1.73. The molecule has 0 fully saturated rings. The van der Waals surface area contributed by atoms with Crippen molar-refractivity contribution in [2.75, 3.05) is 20.2 Å². The first-order chi connectivity index (χ1) is 9.47. The van der Waals surface area contributed by atoms with Crippen molar-refractivity contribution in [3.63, 3.8) is 0 Å². The van der Waals surface area contributed by atoms with Crippen molar-refractivity contribution in [2.45, 2.75) is 13.8 Å². The van der Waals surface area contributed by atoms with Gasteiger partial charge in [0, 0.05) is 19.2 Å². The van der Waals surface area contributed by atoms with Crippen LogP contribution in [0.1, 0.15) is 19.4 Å². The number of ether oxygens (including phenoxy) is 1. The second kappa shape index (κ2) is 7.48. The Morgan fingerprint density at radius 1 is 1.50 bits per heavy atom. The van der Waals surface area contributed by atoms with Gasteiger partial charge in [-0.3, -0.25) is 4.79 Å². The van der Waals surface area contributed by atoms with E-state index in [2.05, 4.69) is 6.58 Å². The molecule has 0 saturated heterocycles. The van der Waals surface area contributed by atoms with Gasteiger partial charge in [-0.1, -0.05) is 18.2 Å². The summed E-state index contributed by atoms with van der Waals surface area (Å²) in [6.45, 7) is 8.70. The van der Waals surface area contributed by atoms with Gasteiger partial charge in [0.2, 0.25) is 5.91 Å². The van der Waals surface area contributed by atoms with Crippen LogP contribution in [0, 0.1) is 5.82 Å². The summed E-state index contributed by atoms with van der Waals surface area (Å²) < 4.78 is 18.3. The van der Waals surface area contributed by atoms with E-state index in [4.69, 9.17) is 4.74 Å². The number of carbonyl (C=O) groups excluding carboxylic acids is 1. The summed E-state index contributed by atoms with van der Waals surface area (Å²) in [5.74, 6) is -0.381. The first-order valence-electron chi connectivity index (χ1n) is 6.42. The molecule has 108 valence electrons. The number of benzene rings is 1. The Bertz CT molecular complexity index is 523. The summed E-state index contributed by atoms with van der Waals surface area (Å²) in [4.78, 5) is 13.6. The van der Waals surface area contributed by atoms with Gasteiger partial charge in [0.05, 0.1) is 7.11 Å². The molecule has 0 atom stereocenters. The van der Waals surface area contributed by atoms with Crippen molar-refractivity contribution in [2.24, 2.45) is 0 Å². The molecule has 1 aromatic carbocycles. The Morgan fingerprint density at radius 2 is 2.20 bits per heavy atom. The SMILES string of the molecule is C=C(C)CN(CC)C(=O)C=Cc1ccc(OC)c(F)c1. The number of hydrogen-bond donors (Lipinski definition) is 0. The lowest BCUT2D eigenvalue weighted by Crippen LogP contribution is -2.30. The lowest BCUT2D eigenvalue weighted by molar-refractivity contribution is -0.125. The van der Waals surface area contributed by atoms with Crippen LogP contribution in [0.2, 0.25) is 0 Å². The first-order valence-corrected chi connectivity index (χ1v) is 6.42. The lowest BCUT2D eigenvalue weighted by Gasteiger charge is -2.18. The van der Waals surface area contributed by atoms with Crippen molar-refractivity contribution >= 4 is 12.0 Å². The van der Waals surface area contributed by atoms with Gasteiger partial charge >= 0.3 is 0 Å². The first kappa shape index (κ1) is 16.0. The van der Waals surface area contributed by atoms with Crippen LogP contribution in [-0.4, -0.2) is 31.0 Å². The number of carbonyl (C=O) groups is 1. The van der Waals surface area contributed by atoms with Crippen LogP contribution in [0.4, 0.5) is 4.39 Å². The fraction of sp³-hybridized carbons (Fsp3) is 0.312. The van der Waals surface area contributed by atoms with Crippen LogP contribution in [0.25, 0.3) is 6.08 Å². The summed E-state index contributed by atoms with van der Waals surface area (Å²) in [5.41, 5.74) is 1.53. The van der Waals surface area contributed by atoms with Gasteiger partial charge in [0.1, 0.15) is 0 Å². The molecule has 0 spiro atoms. The number of halogens is 1. The monoisotopic (exact) mass is 277 g/mol. The van der Waals surface area contributed by atoms with Crippen molar-refractivity contribution in [3.8, 4) is 5.75 Å². The van der Waals surface area contributed by atoms with Gasteiger partial charge in [-0.2, -0.15) is 0 Å². The summed E-state index contributed by atoms with van der Waals surface area (Å²) in [6.07, 6.45) is 3.03. The predicted molar refractivity (Wildman–Crippen MR) is 79.1 cm³/mol. The van der Waals surface area contributed by atoms with E-state index >= 15 is 0 Å². The predicted octanol–water partition coefficient (Wildman–Crippen LogP) is 3.27. The summed E-state index contributed by atoms with van der Waals surface area (Å²) in [6, 6.07) is 4.56. The van der Waals surface area contributed by atoms with E-state index in [1.54, 1.807) is 17.0 Å². The minimum atomic E-state index is -0.448. The fourth-order valence-corrected chi connectivity index (χ4v) is 1.73. The molecular formula is C16H20FNO2. The van der Waals surface area contributed by atoms with Gasteiger partial charge in [0.25, 0.3) is 0 Å². The number of amides is 1. The van der Waals surface area contributed by atoms with E-state index in [0.29, 0.717) is 18.7 Å². The highest BCUT2D eigenvalue weighted by Crippen LogP contribution is 2.18. The molecule has 0 bridgehead atoms. The smallest absolute Gasteiger partial charge is 0.246 e. The number of hydrogen-bond acceptors (Lipinski definition) is 2. The normalized spacial score (nSPS) is 10.6. The maximum Gasteiger partial charge on any atom is 0.246 e. The van der Waals surface area contributed by atoms with Crippen molar-refractivity contribution in [3.05, 3.63) is 47.8 Å². The highest BCUT2D eigenvalue weighted by atomic mass is 19.1. The summed E-state index contributed by atoms with van der Waals surface area (Å²) >= 11 is 0. The Balaban J connectivity index is 2.78. The Labute approximate surface area is 119 Å². The Kier molecular flexibility index (Phi) is 5.97. The van der Waals surface area contributed by atoms with Gasteiger partial charge in [-0.15, -0.1) is 0 Å². The lowest BCUT2D eigenvalue weighted by atomic mass is 10.2. The molecule has 0 heterocycles. The molecule has 3 nitrogen and oxygen atoms in total. The Hall–Kier alpha value is -2.10. The standard InChI is InChI=1S/C16H20FNO2/c1-5-18(11-12(2)3)16(19)9-7-13-6-8-15(20-4)14(17)10-13/h6-10H,2,5,11H2,1,3-4H3. The largest absolute Gasteiger partial charge is 0.494 e. The number of nitrogens with zero attached hydrogens (tertiary/aromatic N) is 1. The van der Waals surface area contributed by atoms with Gasteiger partial charge in [0.15, 0.2) is 11.6 Å². The van der Waals surface area contributed by atoms with E-state index in [1.807, 2.05) is 13.8 Å². The van der Waals surface area contributed by atoms with Crippen LogP contribution in [0.3, 0.4) is 0 Å². The minimum absolute atomic E-state index is 0.119. The molecule has 0 N–H and O–H groups in total. The van der Waals surface area contributed by atoms with E-state index < -0.39 is 5.82 Å². The molecular weight excluding hydrogens is 257 g/mol. The average Bonchev–Trinajstić information content (AvgIpc) is 2.42.